The molecule has 20 heavy (non-hydrogen) atoms. The lowest BCUT2D eigenvalue weighted by Crippen LogP contribution is -2.44. The van der Waals surface area contributed by atoms with Crippen molar-refractivity contribution in [2.45, 2.75) is 17.9 Å². The van der Waals surface area contributed by atoms with E-state index >= 15 is 0 Å². The molecule has 0 radical (unpaired) electrons. The quantitative estimate of drug-likeness (QED) is 0.898. The summed E-state index contributed by atoms with van der Waals surface area (Å²) in [6, 6.07) is 2.76. The van der Waals surface area contributed by atoms with Gasteiger partial charge in [-0.1, -0.05) is 0 Å². The third-order valence-electron chi connectivity index (χ3n) is 3.00. The molecular formula is C12H14FNO5S. The smallest absolute Gasteiger partial charge is 0.335 e. The lowest BCUT2D eigenvalue weighted by Gasteiger charge is -2.30. The summed E-state index contributed by atoms with van der Waals surface area (Å²) < 4.78 is 44.9. The van der Waals surface area contributed by atoms with Crippen molar-refractivity contribution in [1.82, 2.24) is 4.31 Å². The monoisotopic (exact) mass is 303 g/mol. The van der Waals surface area contributed by atoms with E-state index in [-0.39, 0.29) is 31.4 Å². The van der Waals surface area contributed by atoms with Gasteiger partial charge >= 0.3 is 5.97 Å². The summed E-state index contributed by atoms with van der Waals surface area (Å²) in [5.74, 6) is -2.38. The molecule has 2 rings (SSSR count). The van der Waals surface area contributed by atoms with Crippen molar-refractivity contribution in [2.75, 3.05) is 19.7 Å². The van der Waals surface area contributed by atoms with E-state index in [1.807, 2.05) is 0 Å². The molecule has 0 bridgehead atoms. The summed E-state index contributed by atoms with van der Waals surface area (Å²) in [6.07, 6.45) is -0.264. The molecule has 1 saturated heterocycles. The molecule has 1 aromatic rings. The normalized spacial score (nSPS) is 20.8. The van der Waals surface area contributed by atoms with Gasteiger partial charge in [0.05, 0.1) is 18.3 Å². The number of rotatable bonds is 3. The minimum absolute atomic E-state index is 0.141. The number of sulfonamides is 1. The number of hydrogen-bond donors (Lipinski definition) is 1. The number of carboxylic acid groups (broad SMARTS) is 1. The van der Waals surface area contributed by atoms with Crippen LogP contribution in [0.25, 0.3) is 0 Å². The molecule has 110 valence electrons. The van der Waals surface area contributed by atoms with E-state index < -0.39 is 26.7 Å². The third-order valence-corrected chi connectivity index (χ3v) is 4.90. The molecule has 1 N–H and O–H groups in total. The maximum absolute atomic E-state index is 13.9. The number of benzene rings is 1. The molecule has 0 amide bonds. The van der Waals surface area contributed by atoms with Crippen molar-refractivity contribution in [3.05, 3.63) is 29.6 Å². The molecular weight excluding hydrogens is 289 g/mol. The van der Waals surface area contributed by atoms with Crippen molar-refractivity contribution >= 4 is 16.0 Å². The van der Waals surface area contributed by atoms with Crippen molar-refractivity contribution in [2.24, 2.45) is 0 Å². The number of hydrogen-bond acceptors (Lipinski definition) is 4. The highest BCUT2D eigenvalue weighted by Crippen LogP contribution is 2.22. The molecule has 1 aliphatic heterocycles. The SMILES string of the molecule is CC1CN(S(=O)(=O)c2ccc(C(=O)O)cc2F)CCO1. The van der Waals surface area contributed by atoms with Crippen LogP contribution in [0.2, 0.25) is 0 Å². The highest BCUT2D eigenvalue weighted by molar-refractivity contribution is 7.89. The van der Waals surface area contributed by atoms with Gasteiger partial charge in [-0.25, -0.2) is 17.6 Å². The molecule has 8 heteroatoms. The minimum Gasteiger partial charge on any atom is -0.478 e. The number of morpholine rings is 1. The first-order chi connectivity index (χ1) is 9.32. The first kappa shape index (κ1) is 14.9. The van der Waals surface area contributed by atoms with Crippen molar-refractivity contribution in [3.8, 4) is 0 Å². The van der Waals surface area contributed by atoms with Crippen molar-refractivity contribution in [1.29, 1.82) is 0 Å². The fourth-order valence-corrected chi connectivity index (χ4v) is 3.53. The Labute approximate surface area is 115 Å². The first-order valence-corrected chi connectivity index (χ1v) is 7.41. The van der Waals surface area contributed by atoms with Gasteiger partial charge in [-0.3, -0.25) is 0 Å². The van der Waals surface area contributed by atoms with E-state index in [2.05, 4.69) is 0 Å². The second kappa shape index (κ2) is 5.47. The average Bonchev–Trinajstić information content (AvgIpc) is 2.38. The van der Waals surface area contributed by atoms with Crippen LogP contribution in [0, 0.1) is 5.82 Å². The zero-order chi connectivity index (χ0) is 14.9. The lowest BCUT2D eigenvalue weighted by atomic mass is 10.2. The predicted octanol–water partition coefficient (Wildman–Crippen LogP) is 0.933. The molecule has 1 heterocycles. The van der Waals surface area contributed by atoms with Crippen LogP contribution < -0.4 is 0 Å². The van der Waals surface area contributed by atoms with Crippen LogP contribution in [-0.2, 0) is 14.8 Å². The summed E-state index contributed by atoms with van der Waals surface area (Å²) in [5, 5.41) is 8.74. The van der Waals surface area contributed by atoms with E-state index in [0.717, 1.165) is 16.4 Å². The van der Waals surface area contributed by atoms with Crippen LogP contribution in [0.3, 0.4) is 0 Å². The Morgan fingerprint density at radius 3 is 2.75 bits per heavy atom. The van der Waals surface area contributed by atoms with Crippen LogP contribution in [0.1, 0.15) is 17.3 Å². The van der Waals surface area contributed by atoms with Crippen molar-refractivity contribution < 1.29 is 27.4 Å². The standard InChI is InChI=1S/C12H14FNO5S/c1-8-7-14(4-5-19-8)20(17,18)11-3-2-9(12(15)16)6-10(11)13/h2-3,6,8H,4-5,7H2,1H3,(H,15,16). The maximum atomic E-state index is 13.9. The molecule has 1 aromatic carbocycles. The van der Waals surface area contributed by atoms with Gasteiger partial charge in [0.2, 0.25) is 10.0 Å². The highest BCUT2D eigenvalue weighted by atomic mass is 32.2. The number of carbonyl (C=O) groups is 1. The Bertz CT molecular complexity index is 631. The van der Waals surface area contributed by atoms with Crippen LogP contribution in [0.5, 0.6) is 0 Å². The summed E-state index contributed by atoms with van der Waals surface area (Å²) >= 11 is 0. The molecule has 1 aliphatic rings. The number of carboxylic acids is 1. The summed E-state index contributed by atoms with van der Waals surface area (Å²) in [5.41, 5.74) is -0.295. The van der Waals surface area contributed by atoms with Gasteiger partial charge in [0, 0.05) is 13.1 Å². The van der Waals surface area contributed by atoms with Crippen LogP contribution in [0.4, 0.5) is 4.39 Å². The maximum Gasteiger partial charge on any atom is 0.335 e. The van der Waals surface area contributed by atoms with Crippen molar-refractivity contribution in [3.63, 3.8) is 0 Å². The fourth-order valence-electron chi connectivity index (χ4n) is 1.99. The van der Waals surface area contributed by atoms with Gasteiger partial charge in [0.25, 0.3) is 0 Å². The first-order valence-electron chi connectivity index (χ1n) is 5.97. The van der Waals surface area contributed by atoms with Gasteiger partial charge in [-0.05, 0) is 25.1 Å². The Hall–Kier alpha value is -1.51. The molecule has 0 saturated carbocycles. The summed E-state index contributed by atoms with van der Waals surface area (Å²) in [7, 11) is -3.98. The molecule has 0 aromatic heterocycles. The Kier molecular flexibility index (Phi) is 4.07. The highest BCUT2D eigenvalue weighted by Gasteiger charge is 2.31. The molecule has 6 nitrogen and oxygen atoms in total. The Morgan fingerprint density at radius 1 is 1.50 bits per heavy atom. The summed E-state index contributed by atoms with van der Waals surface area (Å²) in [4.78, 5) is 10.2. The van der Waals surface area contributed by atoms with Gasteiger partial charge in [-0.2, -0.15) is 4.31 Å². The fraction of sp³-hybridized carbons (Fsp3) is 0.417. The van der Waals surface area contributed by atoms with Crippen LogP contribution in [-0.4, -0.2) is 49.6 Å². The minimum atomic E-state index is -3.98. The number of aromatic carboxylic acids is 1. The van der Waals surface area contributed by atoms with E-state index in [9.17, 15) is 17.6 Å². The van der Waals surface area contributed by atoms with E-state index in [4.69, 9.17) is 9.84 Å². The topological polar surface area (TPSA) is 83.9 Å². The van der Waals surface area contributed by atoms with Crippen LogP contribution >= 0.6 is 0 Å². The molecule has 1 unspecified atom stereocenters. The van der Waals surface area contributed by atoms with E-state index in [0.29, 0.717) is 6.07 Å². The number of halogens is 1. The zero-order valence-corrected chi connectivity index (χ0v) is 11.6. The lowest BCUT2D eigenvalue weighted by molar-refractivity contribution is 0.0101. The predicted molar refractivity (Wildman–Crippen MR) is 67.5 cm³/mol. The van der Waals surface area contributed by atoms with Gasteiger partial charge < -0.3 is 9.84 Å². The van der Waals surface area contributed by atoms with Crippen LogP contribution in [0.15, 0.2) is 23.1 Å². The second-order valence-corrected chi connectivity index (χ2v) is 6.40. The number of nitrogens with zero attached hydrogens (tertiary/aromatic N) is 1. The van der Waals surface area contributed by atoms with Gasteiger partial charge in [0.15, 0.2) is 0 Å². The zero-order valence-electron chi connectivity index (χ0n) is 10.7. The molecule has 0 spiro atoms. The largest absolute Gasteiger partial charge is 0.478 e. The second-order valence-electron chi connectivity index (χ2n) is 4.49. The van der Waals surface area contributed by atoms with E-state index in [1.165, 1.54) is 0 Å². The molecule has 1 fully saturated rings. The molecule has 0 aliphatic carbocycles. The van der Waals surface area contributed by atoms with E-state index in [1.54, 1.807) is 6.92 Å². The average molecular weight is 303 g/mol. The Balaban J connectivity index is 2.36. The Morgan fingerprint density at radius 2 is 2.20 bits per heavy atom. The summed E-state index contributed by atoms with van der Waals surface area (Å²) in [6.45, 7) is 2.26. The van der Waals surface area contributed by atoms with Gasteiger partial charge in [-0.15, -0.1) is 0 Å². The number of ether oxygens (including phenoxy) is 1. The third kappa shape index (κ3) is 2.82. The molecule has 1 atom stereocenters. The van der Waals surface area contributed by atoms with Gasteiger partial charge in [0.1, 0.15) is 10.7 Å².